The number of hydrogen-bond acceptors (Lipinski definition) is 3. The zero-order chi connectivity index (χ0) is 12.8. The van der Waals surface area contributed by atoms with Crippen molar-refractivity contribution >= 4 is 39.4 Å². The quantitative estimate of drug-likeness (QED) is 0.712. The number of amides is 2. The maximum Gasteiger partial charge on any atom is 0.322 e. The van der Waals surface area contributed by atoms with Gasteiger partial charge in [0.15, 0.2) is 0 Å². The molecule has 0 fully saturated rings. The van der Waals surface area contributed by atoms with E-state index in [1.807, 2.05) is 5.32 Å². The van der Waals surface area contributed by atoms with Gasteiger partial charge in [0.2, 0.25) is 0 Å². The van der Waals surface area contributed by atoms with Gasteiger partial charge in [-0.1, -0.05) is 15.9 Å². The Morgan fingerprint density at radius 3 is 2.24 bits per heavy atom. The molecule has 2 amide bonds. The number of carbonyl (C=O) groups is 3. The predicted octanol–water partition coefficient (Wildman–Crippen LogP) is 0.588. The van der Waals surface area contributed by atoms with Crippen LogP contribution in [-0.2, 0) is 14.4 Å². The number of carboxylic acids is 1. The molecule has 0 aromatic heterocycles. The smallest absolute Gasteiger partial charge is 0.322 e. The summed E-state index contributed by atoms with van der Waals surface area (Å²) in [6.45, 7) is -0.591. The van der Waals surface area contributed by atoms with Crippen LogP contribution in [0.2, 0.25) is 0 Å². The number of carboxylic acid groups (broad SMARTS) is 1. The van der Waals surface area contributed by atoms with Gasteiger partial charge in [0.1, 0.15) is 6.54 Å². The van der Waals surface area contributed by atoms with Crippen LogP contribution in [0.25, 0.3) is 0 Å². The van der Waals surface area contributed by atoms with Crippen LogP contribution in [0.5, 0.6) is 0 Å². The number of benzene rings is 1. The maximum atomic E-state index is 11.3. The highest BCUT2D eigenvalue weighted by molar-refractivity contribution is 9.10. The average Bonchev–Trinajstić information content (AvgIpc) is 2.28. The van der Waals surface area contributed by atoms with Crippen LogP contribution >= 0.6 is 15.9 Å². The summed E-state index contributed by atoms with van der Waals surface area (Å²) in [5, 5.41) is 12.6. The Kier molecular flexibility index (Phi) is 4.65. The Balaban J connectivity index is 2.51. The number of carbonyl (C=O) groups excluding carboxylic acids is 2. The molecule has 90 valence electrons. The molecule has 0 spiro atoms. The van der Waals surface area contributed by atoms with Crippen molar-refractivity contribution in [2.24, 2.45) is 0 Å². The van der Waals surface area contributed by atoms with E-state index in [0.29, 0.717) is 5.69 Å². The van der Waals surface area contributed by atoms with Gasteiger partial charge in [-0.05, 0) is 24.3 Å². The molecule has 0 saturated carbocycles. The van der Waals surface area contributed by atoms with Crippen LogP contribution in [0.1, 0.15) is 0 Å². The molecule has 1 rings (SSSR count). The summed E-state index contributed by atoms with van der Waals surface area (Å²) in [4.78, 5) is 32.6. The molecule has 0 heterocycles. The van der Waals surface area contributed by atoms with Crippen LogP contribution in [-0.4, -0.2) is 29.4 Å². The fraction of sp³-hybridized carbons (Fsp3) is 0.100. The first-order valence-electron chi connectivity index (χ1n) is 4.55. The van der Waals surface area contributed by atoms with Crippen molar-refractivity contribution in [3.8, 4) is 0 Å². The third kappa shape index (κ3) is 4.64. The summed E-state index contributed by atoms with van der Waals surface area (Å²) in [6.07, 6.45) is 0. The Morgan fingerprint density at radius 2 is 1.71 bits per heavy atom. The molecule has 3 N–H and O–H groups in total. The molecule has 0 aliphatic rings. The topological polar surface area (TPSA) is 95.5 Å². The molecule has 1 aromatic rings. The second kappa shape index (κ2) is 6.00. The normalized spacial score (nSPS) is 9.47. The van der Waals surface area contributed by atoms with Crippen molar-refractivity contribution in [3.05, 3.63) is 28.7 Å². The predicted molar refractivity (Wildman–Crippen MR) is 63.4 cm³/mol. The largest absolute Gasteiger partial charge is 0.480 e. The summed E-state index contributed by atoms with van der Waals surface area (Å²) in [6, 6.07) is 6.61. The van der Waals surface area contributed by atoms with Crippen molar-refractivity contribution in [1.82, 2.24) is 5.32 Å². The van der Waals surface area contributed by atoms with Gasteiger partial charge in [-0.3, -0.25) is 14.4 Å². The molecule has 7 heteroatoms. The monoisotopic (exact) mass is 300 g/mol. The fourth-order valence-electron chi connectivity index (χ4n) is 0.957. The lowest BCUT2D eigenvalue weighted by molar-refractivity contribution is -0.140. The molecule has 6 nitrogen and oxygen atoms in total. The maximum absolute atomic E-state index is 11.3. The lowest BCUT2D eigenvalue weighted by Crippen LogP contribution is -2.38. The molecular formula is C10H9BrN2O4. The van der Waals surface area contributed by atoms with Crippen molar-refractivity contribution in [2.75, 3.05) is 11.9 Å². The Hall–Kier alpha value is -1.89. The van der Waals surface area contributed by atoms with Crippen LogP contribution in [0, 0.1) is 0 Å². The Morgan fingerprint density at radius 1 is 1.12 bits per heavy atom. The van der Waals surface area contributed by atoms with E-state index in [1.54, 1.807) is 24.3 Å². The second-order valence-electron chi connectivity index (χ2n) is 3.04. The van der Waals surface area contributed by atoms with Crippen molar-refractivity contribution < 1.29 is 19.5 Å². The fourth-order valence-corrected chi connectivity index (χ4v) is 1.22. The first kappa shape index (κ1) is 13.2. The molecule has 0 atom stereocenters. The minimum absolute atomic E-state index is 0.448. The van der Waals surface area contributed by atoms with Gasteiger partial charge in [0.05, 0.1) is 0 Å². The number of anilines is 1. The Bertz CT molecular complexity index is 444. The van der Waals surface area contributed by atoms with E-state index >= 15 is 0 Å². The summed E-state index contributed by atoms with van der Waals surface area (Å²) >= 11 is 3.22. The van der Waals surface area contributed by atoms with E-state index in [-0.39, 0.29) is 0 Å². The molecular weight excluding hydrogens is 292 g/mol. The van der Waals surface area contributed by atoms with E-state index in [1.165, 1.54) is 0 Å². The summed E-state index contributed by atoms with van der Waals surface area (Å²) in [5.74, 6) is -3.11. The summed E-state index contributed by atoms with van der Waals surface area (Å²) in [5.41, 5.74) is 0.448. The first-order valence-corrected chi connectivity index (χ1v) is 5.35. The van der Waals surface area contributed by atoms with Crippen LogP contribution < -0.4 is 10.6 Å². The lowest BCUT2D eigenvalue weighted by atomic mass is 10.3. The third-order valence-electron chi connectivity index (χ3n) is 1.71. The zero-order valence-electron chi connectivity index (χ0n) is 8.57. The van der Waals surface area contributed by atoms with Gasteiger partial charge >= 0.3 is 17.8 Å². The first-order chi connectivity index (χ1) is 7.99. The molecule has 1 aromatic carbocycles. The van der Waals surface area contributed by atoms with E-state index in [9.17, 15) is 14.4 Å². The molecule has 17 heavy (non-hydrogen) atoms. The molecule has 0 radical (unpaired) electrons. The van der Waals surface area contributed by atoms with Crippen molar-refractivity contribution in [2.45, 2.75) is 0 Å². The zero-order valence-corrected chi connectivity index (χ0v) is 10.2. The standard InChI is InChI=1S/C10H9BrN2O4/c11-6-1-3-7(4-2-6)13-10(17)9(16)12-5-8(14)15/h1-4H,5H2,(H,12,16)(H,13,17)(H,14,15). The van der Waals surface area contributed by atoms with E-state index in [2.05, 4.69) is 21.2 Å². The SMILES string of the molecule is O=C(O)CNC(=O)C(=O)Nc1ccc(Br)cc1. The van der Waals surface area contributed by atoms with Gasteiger partial charge in [-0.2, -0.15) is 0 Å². The van der Waals surface area contributed by atoms with Gasteiger partial charge in [-0.25, -0.2) is 0 Å². The highest BCUT2D eigenvalue weighted by Gasteiger charge is 2.14. The number of nitrogens with one attached hydrogen (secondary N) is 2. The molecule has 0 saturated heterocycles. The number of hydrogen-bond donors (Lipinski definition) is 3. The van der Waals surface area contributed by atoms with Crippen molar-refractivity contribution in [1.29, 1.82) is 0 Å². The number of aliphatic carboxylic acids is 1. The Labute approximate surface area is 105 Å². The second-order valence-corrected chi connectivity index (χ2v) is 3.95. The molecule has 0 aliphatic heterocycles. The van der Waals surface area contributed by atoms with E-state index in [4.69, 9.17) is 5.11 Å². The molecule has 0 aliphatic carbocycles. The molecule has 0 bridgehead atoms. The lowest BCUT2D eigenvalue weighted by Gasteiger charge is -2.04. The number of rotatable bonds is 3. The van der Waals surface area contributed by atoms with Gasteiger partial charge in [0, 0.05) is 10.2 Å². The van der Waals surface area contributed by atoms with Gasteiger partial charge < -0.3 is 15.7 Å². The third-order valence-corrected chi connectivity index (χ3v) is 2.24. The van der Waals surface area contributed by atoms with Gasteiger partial charge in [0.25, 0.3) is 0 Å². The van der Waals surface area contributed by atoms with Gasteiger partial charge in [-0.15, -0.1) is 0 Å². The number of halogens is 1. The van der Waals surface area contributed by atoms with Crippen LogP contribution in [0.3, 0.4) is 0 Å². The summed E-state index contributed by atoms with van der Waals surface area (Å²) in [7, 11) is 0. The van der Waals surface area contributed by atoms with E-state index in [0.717, 1.165) is 4.47 Å². The minimum Gasteiger partial charge on any atom is -0.480 e. The van der Waals surface area contributed by atoms with E-state index < -0.39 is 24.3 Å². The minimum atomic E-state index is -1.21. The average molecular weight is 301 g/mol. The van der Waals surface area contributed by atoms with Crippen LogP contribution in [0.4, 0.5) is 5.69 Å². The van der Waals surface area contributed by atoms with Crippen molar-refractivity contribution in [3.63, 3.8) is 0 Å². The van der Waals surface area contributed by atoms with Crippen LogP contribution in [0.15, 0.2) is 28.7 Å². The highest BCUT2D eigenvalue weighted by atomic mass is 79.9. The highest BCUT2D eigenvalue weighted by Crippen LogP contribution is 2.13. The summed E-state index contributed by atoms with van der Waals surface area (Å²) < 4.78 is 0.839. The molecule has 0 unspecified atom stereocenters.